The highest BCUT2D eigenvalue weighted by Crippen LogP contribution is 2.26. The van der Waals surface area contributed by atoms with Gasteiger partial charge < -0.3 is 9.72 Å². The molecule has 17 heavy (non-hydrogen) atoms. The number of aromatic nitrogens is 2. The van der Waals surface area contributed by atoms with Gasteiger partial charge in [0.15, 0.2) is 0 Å². The van der Waals surface area contributed by atoms with Crippen molar-refractivity contribution < 1.29 is 9.13 Å². The number of aromatic amines is 1. The van der Waals surface area contributed by atoms with E-state index in [1.165, 1.54) is 24.5 Å². The average Bonchev–Trinajstić information content (AvgIpc) is 2.30. The zero-order valence-electron chi connectivity index (χ0n) is 8.21. The van der Waals surface area contributed by atoms with E-state index in [1.54, 1.807) is 0 Å². The summed E-state index contributed by atoms with van der Waals surface area (Å²) in [4.78, 5) is 17.6. The summed E-state index contributed by atoms with van der Waals surface area (Å²) in [6.07, 6.45) is 1.23. The first kappa shape index (κ1) is 12.3. The maximum Gasteiger partial charge on any atom is 0.268 e. The summed E-state index contributed by atoms with van der Waals surface area (Å²) in [5, 5.41) is -0.0534. The number of ether oxygens (including phenoxy) is 1. The molecule has 1 aromatic heterocycles. The molecule has 0 amide bonds. The van der Waals surface area contributed by atoms with Crippen LogP contribution < -0.4 is 10.3 Å². The van der Waals surface area contributed by atoms with Crippen molar-refractivity contribution in [1.29, 1.82) is 0 Å². The fraction of sp³-hybridized carbons (Fsp3) is 0. The minimum Gasteiger partial charge on any atom is -0.438 e. The molecule has 1 N–H and O–H groups in total. The van der Waals surface area contributed by atoms with E-state index in [9.17, 15) is 9.18 Å². The van der Waals surface area contributed by atoms with Gasteiger partial charge in [-0.15, -0.1) is 0 Å². The van der Waals surface area contributed by atoms with Crippen molar-refractivity contribution in [2.75, 3.05) is 0 Å². The molecule has 0 aliphatic heterocycles. The van der Waals surface area contributed by atoms with Gasteiger partial charge in [-0.2, -0.15) is 0 Å². The Morgan fingerprint density at radius 1 is 1.47 bits per heavy atom. The van der Waals surface area contributed by atoms with Crippen LogP contribution in [0.15, 0.2) is 29.3 Å². The predicted octanol–water partition coefficient (Wildman–Crippen LogP) is 2.96. The quantitative estimate of drug-likeness (QED) is 0.832. The van der Waals surface area contributed by atoms with Crippen LogP contribution in [0.4, 0.5) is 4.39 Å². The van der Waals surface area contributed by atoms with Crippen LogP contribution in [0.2, 0.25) is 5.02 Å². The van der Waals surface area contributed by atoms with Gasteiger partial charge in [-0.1, -0.05) is 11.6 Å². The number of hydrogen-bond donors (Lipinski definition) is 1. The van der Waals surface area contributed by atoms with Crippen LogP contribution in [-0.2, 0) is 0 Å². The highest BCUT2D eigenvalue weighted by Gasteiger charge is 2.09. The minimum atomic E-state index is -0.535. The molecule has 0 bridgehead atoms. The second kappa shape index (κ2) is 5.01. The summed E-state index contributed by atoms with van der Waals surface area (Å²) in [5.41, 5.74) is -0.302. The van der Waals surface area contributed by atoms with Crippen LogP contribution in [-0.4, -0.2) is 9.97 Å². The summed E-state index contributed by atoms with van der Waals surface area (Å²) in [7, 11) is 0. The second-order valence-corrected chi connectivity index (χ2v) is 4.51. The largest absolute Gasteiger partial charge is 0.438 e. The first-order valence-corrected chi connectivity index (χ1v) is 5.89. The van der Waals surface area contributed by atoms with E-state index >= 15 is 0 Å². The van der Waals surface area contributed by atoms with Crippen molar-refractivity contribution in [3.05, 3.63) is 49.3 Å². The summed E-state index contributed by atoms with van der Waals surface area (Å²) in [6.45, 7) is 0. The molecule has 0 aliphatic rings. The van der Waals surface area contributed by atoms with E-state index < -0.39 is 5.82 Å². The van der Waals surface area contributed by atoms with Crippen molar-refractivity contribution >= 4 is 34.2 Å². The summed E-state index contributed by atoms with van der Waals surface area (Å²) < 4.78 is 18.6. The molecule has 1 heterocycles. The van der Waals surface area contributed by atoms with Crippen molar-refractivity contribution in [3.63, 3.8) is 0 Å². The summed E-state index contributed by atoms with van der Waals surface area (Å²) in [6, 6.07) is 3.90. The Morgan fingerprint density at radius 3 is 2.94 bits per heavy atom. The van der Waals surface area contributed by atoms with Crippen molar-refractivity contribution in [3.8, 4) is 11.6 Å². The molecule has 0 aliphatic carbocycles. The number of nitrogens with zero attached hydrogens (tertiary/aromatic N) is 1. The molecule has 0 saturated carbocycles. The van der Waals surface area contributed by atoms with Crippen LogP contribution in [0, 0.1) is 9.39 Å². The van der Waals surface area contributed by atoms with E-state index in [0.29, 0.717) is 9.32 Å². The molecule has 0 radical (unpaired) electrons. The van der Waals surface area contributed by atoms with Gasteiger partial charge in [-0.05, 0) is 34.7 Å². The summed E-state index contributed by atoms with van der Waals surface area (Å²) >= 11 is 7.41. The normalized spacial score (nSPS) is 10.3. The van der Waals surface area contributed by atoms with Crippen LogP contribution in [0.3, 0.4) is 0 Å². The average molecular weight is 367 g/mol. The highest BCUT2D eigenvalue weighted by atomic mass is 127. The van der Waals surface area contributed by atoms with E-state index in [2.05, 4.69) is 9.97 Å². The first-order valence-electron chi connectivity index (χ1n) is 4.44. The zero-order valence-corrected chi connectivity index (χ0v) is 11.1. The van der Waals surface area contributed by atoms with Crippen LogP contribution in [0.5, 0.6) is 11.6 Å². The molecular weight excluding hydrogens is 361 g/mol. The third-order valence-electron chi connectivity index (χ3n) is 1.87. The van der Waals surface area contributed by atoms with Crippen molar-refractivity contribution in [2.24, 2.45) is 0 Å². The Bertz CT molecular complexity index is 617. The van der Waals surface area contributed by atoms with Crippen molar-refractivity contribution in [1.82, 2.24) is 9.97 Å². The number of hydrogen-bond acceptors (Lipinski definition) is 3. The van der Waals surface area contributed by atoms with Gasteiger partial charge in [0.1, 0.15) is 15.1 Å². The number of halogens is 3. The van der Waals surface area contributed by atoms with Crippen molar-refractivity contribution in [2.45, 2.75) is 0 Å². The summed E-state index contributed by atoms with van der Waals surface area (Å²) in [5.74, 6) is -0.0722. The topological polar surface area (TPSA) is 55.0 Å². The standard InChI is InChI=1S/C10H5ClFIN2O2/c11-6-3-5(1-2-7(6)12)17-10-8(13)9(16)14-4-15-10/h1-4H,(H,14,15,16). The fourth-order valence-corrected chi connectivity index (χ4v) is 1.67. The molecule has 88 valence electrons. The monoisotopic (exact) mass is 366 g/mol. The molecule has 7 heteroatoms. The Balaban J connectivity index is 2.35. The highest BCUT2D eigenvalue weighted by molar-refractivity contribution is 14.1. The molecule has 0 unspecified atom stereocenters. The number of benzene rings is 1. The van der Waals surface area contributed by atoms with E-state index in [1.807, 2.05) is 22.6 Å². The molecule has 4 nitrogen and oxygen atoms in total. The molecule has 1 aromatic carbocycles. The fourth-order valence-electron chi connectivity index (χ4n) is 1.09. The first-order chi connectivity index (χ1) is 8.08. The number of rotatable bonds is 2. The van der Waals surface area contributed by atoms with Crippen LogP contribution in [0.1, 0.15) is 0 Å². The third-order valence-corrected chi connectivity index (χ3v) is 3.11. The Hall–Kier alpha value is -1.15. The molecule has 0 atom stereocenters. The molecule has 2 aromatic rings. The number of H-pyrrole nitrogens is 1. The molecule has 0 fully saturated rings. The van der Waals surface area contributed by atoms with Gasteiger partial charge >= 0.3 is 0 Å². The Kier molecular flexibility index (Phi) is 3.63. The SMILES string of the molecule is O=c1[nH]cnc(Oc2ccc(F)c(Cl)c2)c1I. The maximum absolute atomic E-state index is 12.9. The van der Waals surface area contributed by atoms with E-state index in [0.717, 1.165) is 0 Å². The lowest BCUT2D eigenvalue weighted by Gasteiger charge is -2.05. The van der Waals surface area contributed by atoms with E-state index in [-0.39, 0.29) is 16.5 Å². The molecule has 2 rings (SSSR count). The minimum absolute atomic E-state index is 0.0534. The van der Waals surface area contributed by atoms with Crippen LogP contribution >= 0.6 is 34.2 Å². The lowest BCUT2D eigenvalue weighted by Crippen LogP contribution is -2.11. The van der Waals surface area contributed by atoms with E-state index in [4.69, 9.17) is 16.3 Å². The third kappa shape index (κ3) is 2.75. The van der Waals surface area contributed by atoms with Gasteiger partial charge in [0, 0.05) is 6.07 Å². The zero-order chi connectivity index (χ0) is 12.4. The Labute approximate surface area is 114 Å². The Morgan fingerprint density at radius 2 is 2.24 bits per heavy atom. The van der Waals surface area contributed by atoms with Gasteiger partial charge in [0.25, 0.3) is 5.56 Å². The van der Waals surface area contributed by atoms with Gasteiger partial charge in [0.05, 0.1) is 11.3 Å². The van der Waals surface area contributed by atoms with Crippen LogP contribution in [0.25, 0.3) is 0 Å². The van der Waals surface area contributed by atoms with Gasteiger partial charge in [-0.3, -0.25) is 4.79 Å². The van der Waals surface area contributed by atoms with Gasteiger partial charge in [-0.25, -0.2) is 9.37 Å². The number of nitrogens with one attached hydrogen (secondary N) is 1. The molecule has 0 saturated heterocycles. The smallest absolute Gasteiger partial charge is 0.268 e. The maximum atomic E-state index is 12.9. The second-order valence-electron chi connectivity index (χ2n) is 3.03. The predicted molar refractivity (Wildman–Crippen MR) is 69.1 cm³/mol. The van der Waals surface area contributed by atoms with Gasteiger partial charge in [0.2, 0.25) is 5.88 Å². The lowest BCUT2D eigenvalue weighted by atomic mass is 10.3. The molecule has 0 spiro atoms. The lowest BCUT2D eigenvalue weighted by molar-refractivity contribution is 0.455. The molecular formula is C10H5ClFIN2O2.